The van der Waals surface area contributed by atoms with E-state index in [1.165, 1.54) is 24.5 Å². The van der Waals surface area contributed by atoms with Crippen LogP contribution in [0.5, 0.6) is 5.88 Å². The summed E-state index contributed by atoms with van der Waals surface area (Å²) < 4.78 is 59.6. The number of amides is 1. The first-order valence-electron chi connectivity index (χ1n) is 8.48. The Bertz CT molecular complexity index is 1080. The second kappa shape index (κ2) is 8.86. The highest BCUT2D eigenvalue weighted by Crippen LogP contribution is 2.24. The van der Waals surface area contributed by atoms with Gasteiger partial charge >= 0.3 is 6.18 Å². The van der Waals surface area contributed by atoms with Crippen LogP contribution < -0.4 is 10.5 Å². The first kappa shape index (κ1) is 21.2. The Morgan fingerprint density at radius 1 is 1.23 bits per heavy atom. The van der Waals surface area contributed by atoms with E-state index in [4.69, 9.17) is 10.5 Å². The average molecular weight is 425 g/mol. The summed E-state index contributed by atoms with van der Waals surface area (Å²) in [7, 11) is 0. The number of aromatic amines is 1. The van der Waals surface area contributed by atoms with Crippen molar-refractivity contribution >= 4 is 23.1 Å². The molecule has 3 aromatic heterocycles. The summed E-state index contributed by atoms with van der Waals surface area (Å²) in [6.45, 7) is -2.09. The summed E-state index contributed by atoms with van der Waals surface area (Å²) in [5.74, 6) is -1.83. The Balaban J connectivity index is 1.72. The normalized spacial score (nSPS) is 12.0. The molecule has 0 aromatic carbocycles. The minimum absolute atomic E-state index is 0.300. The third kappa shape index (κ3) is 5.50. The number of halogens is 4. The molecule has 0 aliphatic rings. The van der Waals surface area contributed by atoms with Gasteiger partial charge < -0.3 is 20.2 Å². The standard InChI is InChI=1S/C18H15F4N5O3/c19-12-5-11(7-26-17(12)30-4-3-29-9-18(20,21)22)13-8-25-16-15(27-13)10(6-24-16)1-2-14(23)28/h1-2,5-8H,3-4,9H2,(H2,23,28)(H,24,25)/b2-1+. The summed E-state index contributed by atoms with van der Waals surface area (Å²) in [6.07, 6.45) is 2.48. The van der Waals surface area contributed by atoms with Crippen molar-refractivity contribution in [2.45, 2.75) is 6.18 Å². The molecule has 0 radical (unpaired) electrons. The van der Waals surface area contributed by atoms with E-state index in [2.05, 4.69) is 24.7 Å². The molecule has 12 heteroatoms. The fourth-order valence-electron chi connectivity index (χ4n) is 2.41. The highest BCUT2D eigenvalue weighted by molar-refractivity contribution is 5.93. The molecule has 0 saturated carbocycles. The zero-order chi connectivity index (χ0) is 21.7. The summed E-state index contributed by atoms with van der Waals surface area (Å²) in [6, 6.07) is 1.11. The number of hydrogen-bond donors (Lipinski definition) is 2. The predicted molar refractivity (Wildman–Crippen MR) is 97.7 cm³/mol. The van der Waals surface area contributed by atoms with Gasteiger partial charge in [-0.3, -0.25) is 4.79 Å². The minimum atomic E-state index is -4.44. The van der Waals surface area contributed by atoms with E-state index >= 15 is 0 Å². The van der Waals surface area contributed by atoms with Crippen molar-refractivity contribution in [2.75, 3.05) is 19.8 Å². The van der Waals surface area contributed by atoms with E-state index in [9.17, 15) is 22.4 Å². The number of nitrogens with one attached hydrogen (secondary N) is 1. The maximum absolute atomic E-state index is 14.3. The Labute approximate surface area is 166 Å². The van der Waals surface area contributed by atoms with Gasteiger partial charge in [-0.05, 0) is 12.1 Å². The van der Waals surface area contributed by atoms with Gasteiger partial charge in [-0.15, -0.1) is 0 Å². The third-order valence-corrected chi connectivity index (χ3v) is 3.67. The number of alkyl halides is 3. The highest BCUT2D eigenvalue weighted by atomic mass is 19.4. The van der Waals surface area contributed by atoms with Gasteiger partial charge in [-0.1, -0.05) is 0 Å². The second-order valence-corrected chi connectivity index (χ2v) is 5.96. The highest BCUT2D eigenvalue weighted by Gasteiger charge is 2.27. The van der Waals surface area contributed by atoms with Crippen molar-refractivity contribution in [1.82, 2.24) is 19.9 Å². The van der Waals surface area contributed by atoms with E-state index < -0.39 is 24.5 Å². The predicted octanol–water partition coefficient (Wildman–Crippen LogP) is 2.62. The molecule has 0 aliphatic heterocycles. The Hall–Kier alpha value is -3.54. The molecule has 0 saturated heterocycles. The van der Waals surface area contributed by atoms with Gasteiger partial charge in [0.05, 0.1) is 18.5 Å². The number of pyridine rings is 1. The quantitative estimate of drug-likeness (QED) is 0.326. The van der Waals surface area contributed by atoms with Crippen LogP contribution in [0, 0.1) is 5.82 Å². The number of rotatable bonds is 8. The molecule has 1 amide bonds. The molecule has 0 bridgehead atoms. The maximum Gasteiger partial charge on any atom is 0.411 e. The molecule has 30 heavy (non-hydrogen) atoms. The topological polar surface area (TPSA) is 116 Å². The summed E-state index contributed by atoms with van der Waals surface area (Å²) in [5.41, 5.74) is 7.14. The molecule has 158 valence electrons. The number of H-pyrrole nitrogens is 1. The number of nitrogens with two attached hydrogens (primary N) is 1. The van der Waals surface area contributed by atoms with Crippen LogP contribution in [0.1, 0.15) is 5.56 Å². The number of aromatic nitrogens is 4. The second-order valence-electron chi connectivity index (χ2n) is 5.96. The van der Waals surface area contributed by atoms with E-state index in [0.717, 1.165) is 6.07 Å². The summed E-state index contributed by atoms with van der Waals surface area (Å²) in [5, 5.41) is 0. The van der Waals surface area contributed by atoms with E-state index in [1.807, 2.05) is 0 Å². The lowest BCUT2D eigenvalue weighted by molar-refractivity contribution is -0.175. The van der Waals surface area contributed by atoms with E-state index in [0.29, 0.717) is 28.0 Å². The lowest BCUT2D eigenvalue weighted by atomic mass is 10.2. The lowest BCUT2D eigenvalue weighted by Crippen LogP contribution is -2.19. The smallest absolute Gasteiger partial charge is 0.411 e. The van der Waals surface area contributed by atoms with Gasteiger partial charge in [-0.25, -0.2) is 19.3 Å². The minimum Gasteiger partial charge on any atom is -0.473 e. The Kier molecular flexibility index (Phi) is 6.26. The summed E-state index contributed by atoms with van der Waals surface area (Å²) >= 11 is 0. The molecule has 0 atom stereocenters. The molecule has 0 aliphatic carbocycles. The molecule has 3 aromatic rings. The monoisotopic (exact) mass is 425 g/mol. The third-order valence-electron chi connectivity index (χ3n) is 3.67. The van der Waals surface area contributed by atoms with Crippen molar-refractivity contribution in [2.24, 2.45) is 5.73 Å². The zero-order valence-corrected chi connectivity index (χ0v) is 15.2. The molecule has 3 N–H and O–H groups in total. The van der Waals surface area contributed by atoms with Gasteiger partial charge in [-0.2, -0.15) is 13.2 Å². The number of carbonyl (C=O) groups excluding carboxylic acids is 1. The largest absolute Gasteiger partial charge is 0.473 e. The van der Waals surface area contributed by atoms with Gasteiger partial charge in [0.2, 0.25) is 11.8 Å². The van der Waals surface area contributed by atoms with Crippen molar-refractivity contribution in [1.29, 1.82) is 0 Å². The summed E-state index contributed by atoms with van der Waals surface area (Å²) in [4.78, 5) is 26.2. The number of carbonyl (C=O) groups is 1. The molecule has 0 unspecified atom stereocenters. The van der Waals surface area contributed by atoms with Crippen molar-refractivity contribution in [3.63, 3.8) is 0 Å². The number of hydrogen-bond acceptors (Lipinski definition) is 6. The lowest BCUT2D eigenvalue weighted by Gasteiger charge is -2.09. The van der Waals surface area contributed by atoms with Gasteiger partial charge in [0, 0.05) is 29.6 Å². The molecule has 8 nitrogen and oxygen atoms in total. The van der Waals surface area contributed by atoms with Crippen molar-refractivity contribution in [3.05, 3.63) is 42.1 Å². The van der Waals surface area contributed by atoms with Crippen LogP contribution in [0.3, 0.4) is 0 Å². The number of ether oxygens (including phenoxy) is 2. The van der Waals surface area contributed by atoms with Crippen molar-refractivity contribution < 1.29 is 31.8 Å². The molecular formula is C18H15F4N5O3. The first-order chi connectivity index (χ1) is 14.2. The Morgan fingerprint density at radius 3 is 2.73 bits per heavy atom. The zero-order valence-electron chi connectivity index (χ0n) is 15.2. The fourth-order valence-corrected chi connectivity index (χ4v) is 2.41. The SMILES string of the molecule is NC(=O)/C=C/c1c[nH]c2ncc(-c3cnc(OCCOCC(F)(F)F)c(F)c3)nc12. The number of fused-ring (bicyclic) bond motifs is 1. The molecule has 3 heterocycles. The fraction of sp³-hybridized carbons (Fsp3) is 0.222. The molecule has 0 fully saturated rings. The number of nitrogens with zero attached hydrogens (tertiary/aromatic N) is 3. The molecule has 0 spiro atoms. The van der Waals surface area contributed by atoms with Crippen LogP contribution in [0.2, 0.25) is 0 Å². The van der Waals surface area contributed by atoms with E-state index in [1.54, 1.807) is 6.20 Å². The van der Waals surface area contributed by atoms with Gasteiger partial charge in [0.25, 0.3) is 0 Å². The van der Waals surface area contributed by atoms with Crippen LogP contribution in [0.25, 0.3) is 28.5 Å². The van der Waals surface area contributed by atoms with Gasteiger partial charge in [0.15, 0.2) is 11.5 Å². The van der Waals surface area contributed by atoms with Crippen molar-refractivity contribution in [3.8, 4) is 17.1 Å². The van der Waals surface area contributed by atoms with Crippen LogP contribution in [0.4, 0.5) is 17.6 Å². The number of primary amides is 1. The first-order valence-corrected chi connectivity index (χ1v) is 8.48. The van der Waals surface area contributed by atoms with Gasteiger partial charge in [0.1, 0.15) is 18.7 Å². The molecule has 3 rings (SSSR count). The van der Waals surface area contributed by atoms with Crippen LogP contribution in [-0.4, -0.2) is 51.8 Å². The van der Waals surface area contributed by atoms with Crippen LogP contribution in [-0.2, 0) is 9.53 Å². The Morgan fingerprint density at radius 2 is 2.03 bits per heavy atom. The van der Waals surface area contributed by atoms with Crippen LogP contribution in [0.15, 0.2) is 30.7 Å². The average Bonchev–Trinajstić information content (AvgIpc) is 3.08. The van der Waals surface area contributed by atoms with E-state index in [-0.39, 0.29) is 19.1 Å². The maximum atomic E-state index is 14.3. The van der Waals surface area contributed by atoms with Crippen LogP contribution >= 0.6 is 0 Å². The molecular weight excluding hydrogens is 410 g/mol.